The Kier molecular flexibility index (Phi) is 5.79. The van der Waals surface area contributed by atoms with Crippen molar-refractivity contribution in [3.63, 3.8) is 0 Å². The molecule has 0 spiro atoms. The number of benzene rings is 1. The van der Waals surface area contributed by atoms with Gasteiger partial charge in [-0.3, -0.25) is 9.88 Å². The van der Waals surface area contributed by atoms with E-state index >= 15 is 0 Å². The average Bonchev–Trinajstić information content (AvgIpc) is 3.16. The highest BCUT2D eigenvalue weighted by molar-refractivity contribution is 5.77. The van der Waals surface area contributed by atoms with Crippen molar-refractivity contribution in [3.8, 4) is 11.4 Å². The molecular weight excluding hydrogens is 400 g/mol. The fourth-order valence-corrected chi connectivity index (χ4v) is 4.20. The normalized spacial score (nSPS) is 15.3. The fourth-order valence-electron chi connectivity index (χ4n) is 4.20. The quantitative estimate of drug-likeness (QED) is 0.505. The van der Waals surface area contributed by atoms with Gasteiger partial charge in [-0.1, -0.05) is 19.1 Å². The summed E-state index contributed by atoms with van der Waals surface area (Å²) in [6.07, 6.45) is 5.31. The van der Waals surface area contributed by atoms with E-state index in [1.54, 1.807) is 18.6 Å². The van der Waals surface area contributed by atoms with Crippen LogP contribution in [0, 0.1) is 0 Å². The summed E-state index contributed by atoms with van der Waals surface area (Å²) < 4.78 is 1.99. The van der Waals surface area contributed by atoms with Gasteiger partial charge in [0.2, 0.25) is 5.95 Å². The van der Waals surface area contributed by atoms with Gasteiger partial charge in [0, 0.05) is 63.4 Å². The van der Waals surface area contributed by atoms with Gasteiger partial charge in [-0.15, -0.1) is 0 Å². The number of pyridine rings is 1. The number of rotatable bonds is 6. The molecule has 1 aromatic carbocycles. The molecule has 3 aromatic heterocycles. The van der Waals surface area contributed by atoms with Crippen molar-refractivity contribution < 1.29 is 0 Å². The number of nitrogens with one attached hydrogen (secondary N) is 1. The average molecular weight is 429 g/mol. The summed E-state index contributed by atoms with van der Waals surface area (Å²) in [5.41, 5.74) is 4.85. The molecule has 0 unspecified atom stereocenters. The summed E-state index contributed by atoms with van der Waals surface area (Å²) in [6, 6.07) is 12.4. The van der Waals surface area contributed by atoms with E-state index in [-0.39, 0.29) is 0 Å². The number of likely N-dealkylation sites (N-methyl/N-ethyl adjacent to an activating group) is 1. The first-order chi connectivity index (χ1) is 15.7. The number of aryl methyl sites for hydroxylation is 1. The Hall–Kier alpha value is -3.36. The van der Waals surface area contributed by atoms with Crippen LogP contribution in [0.2, 0.25) is 0 Å². The van der Waals surface area contributed by atoms with Crippen LogP contribution < -0.4 is 5.32 Å². The minimum Gasteiger partial charge on any atom is -0.324 e. The number of imidazole rings is 1. The van der Waals surface area contributed by atoms with Gasteiger partial charge in [0.15, 0.2) is 5.65 Å². The highest BCUT2D eigenvalue weighted by atomic mass is 15.3. The molecule has 1 saturated heterocycles. The van der Waals surface area contributed by atoms with Gasteiger partial charge in [0.1, 0.15) is 11.3 Å². The maximum atomic E-state index is 4.73. The summed E-state index contributed by atoms with van der Waals surface area (Å²) in [4.78, 5) is 23.0. The van der Waals surface area contributed by atoms with Crippen molar-refractivity contribution in [2.24, 2.45) is 7.05 Å². The molecule has 0 amide bonds. The number of hydrogen-bond donors (Lipinski definition) is 1. The van der Waals surface area contributed by atoms with Gasteiger partial charge >= 0.3 is 0 Å². The topological polar surface area (TPSA) is 75.0 Å². The van der Waals surface area contributed by atoms with Gasteiger partial charge < -0.3 is 14.8 Å². The molecule has 8 heteroatoms. The largest absolute Gasteiger partial charge is 0.324 e. The van der Waals surface area contributed by atoms with Gasteiger partial charge in [-0.05, 0) is 36.4 Å². The molecule has 1 aliphatic heterocycles. The maximum absolute atomic E-state index is 4.73. The van der Waals surface area contributed by atoms with Crippen LogP contribution in [-0.4, -0.2) is 67.0 Å². The summed E-state index contributed by atoms with van der Waals surface area (Å²) in [6.45, 7) is 8.86. The smallest absolute Gasteiger partial charge is 0.229 e. The van der Waals surface area contributed by atoms with Crippen LogP contribution in [-0.2, 0) is 13.6 Å². The number of aromatic nitrogens is 5. The number of anilines is 2. The Morgan fingerprint density at radius 2 is 1.75 bits per heavy atom. The standard InChI is InChI=1S/C24H28N8/c1-3-31-11-13-32(14-12-31)17-18-5-4-6-20(15-18)27-24-26-16-21-23(29-24)30(2)22(28-21)19-7-9-25-10-8-19/h4-10,15-16H,3,11-14,17H2,1-2H3,(H,26,27,29). The lowest BCUT2D eigenvalue weighted by Crippen LogP contribution is -2.45. The Labute approximate surface area is 188 Å². The Balaban J connectivity index is 1.32. The van der Waals surface area contributed by atoms with E-state index in [2.05, 4.69) is 56.3 Å². The lowest BCUT2D eigenvalue weighted by Gasteiger charge is -2.34. The highest BCUT2D eigenvalue weighted by Crippen LogP contribution is 2.23. The molecule has 32 heavy (non-hydrogen) atoms. The molecule has 1 aliphatic rings. The lowest BCUT2D eigenvalue weighted by atomic mass is 10.1. The SMILES string of the molecule is CCN1CCN(Cc2cccc(Nc3ncc4nc(-c5ccncc5)n(C)c4n3)c2)CC1. The molecular formula is C24H28N8. The molecule has 4 heterocycles. The molecule has 1 fully saturated rings. The first-order valence-corrected chi connectivity index (χ1v) is 11.1. The van der Waals surface area contributed by atoms with Crippen molar-refractivity contribution >= 4 is 22.8 Å². The Morgan fingerprint density at radius 3 is 2.53 bits per heavy atom. The van der Waals surface area contributed by atoms with Crippen LogP contribution in [0.25, 0.3) is 22.6 Å². The van der Waals surface area contributed by atoms with E-state index in [9.17, 15) is 0 Å². The second-order valence-corrected chi connectivity index (χ2v) is 8.17. The molecule has 0 saturated carbocycles. The monoisotopic (exact) mass is 428 g/mol. The molecule has 0 radical (unpaired) electrons. The van der Waals surface area contributed by atoms with Crippen LogP contribution in [0.1, 0.15) is 12.5 Å². The third-order valence-electron chi connectivity index (χ3n) is 6.05. The van der Waals surface area contributed by atoms with E-state index in [0.29, 0.717) is 5.95 Å². The number of piperazine rings is 1. The van der Waals surface area contributed by atoms with Crippen LogP contribution in [0.4, 0.5) is 11.6 Å². The maximum Gasteiger partial charge on any atom is 0.229 e. The van der Waals surface area contributed by atoms with Crippen LogP contribution in [0.3, 0.4) is 0 Å². The first-order valence-electron chi connectivity index (χ1n) is 11.1. The summed E-state index contributed by atoms with van der Waals surface area (Å²) in [5.74, 6) is 1.41. The highest BCUT2D eigenvalue weighted by Gasteiger charge is 2.16. The van der Waals surface area contributed by atoms with E-state index in [1.165, 1.54) is 5.56 Å². The molecule has 0 bridgehead atoms. The third kappa shape index (κ3) is 4.32. The summed E-state index contributed by atoms with van der Waals surface area (Å²) in [7, 11) is 1.97. The third-order valence-corrected chi connectivity index (χ3v) is 6.05. The van der Waals surface area contributed by atoms with E-state index < -0.39 is 0 Å². The Morgan fingerprint density at radius 1 is 0.969 bits per heavy atom. The van der Waals surface area contributed by atoms with E-state index in [0.717, 1.165) is 67.5 Å². The van der Waals surface area contributed by atoms with Crippen LogP contribution >= 0.6 is 0 Å². The van der Waals surface area contributed by atoms with Gasteiger partial charge in [0.05, 0.1) is 6.20 Å². The van der Waals surface area contributed by atoms with Crippen molar-refractivity contribution in [2.75, 3.05) is 38.0 Å². The first kappa shape index (κ1) is 20.5. The van der Waals surface area contributed by atoms with Crippen LogP contribution in [0.15, 0.2) is 55.0 Å². The second-order valence-electron chi connectivity index (χ2n) is 8.17. The summed E-state index contributed by atoms with van der Waals surface area (Å²) >= 11 is 0. The molecule has 0 atom stereocenters. The molecule has 5 rings (SSSR count). The zero-order valence-corrected chi connectivity index (χ0v) is 18.6. The van der Waals surface area contributed by atoms with Gasteiger partial charge in [0.25, 0.3) is 0 Å². The molecule has 8 nitrogen and oxygen atoms in total. The number of nitrogens with zero attached hydrogens (tertiary/aromatic N) is 7. The van der Waals surface area contributed by atoms with Gasteiger partial charge in [-0.2, -0.15) is 4.98 Å². The minimum atomic E-state index is 0.565. The zero-order chi connectivity index (χ0) is 21.9. The molecule has 0 aliphatic carbocycles. The Bertz CT molecular complexity index is 1200. The molecule has 4 aromatic rings. The lowest BCUT2D eigenvalue weighted by molar-refractivity contribution is 0.132. The fraction of sp³-hybridized carbons (Fsp3) is 0.333. The predicted octanol–water partition coefficient (Wildman–Crippen LogP) is 3.31. The van der Waals surface area contributed by atoms with Crippen molar-refractivity contribution in [1.82, 2.24) is 34.3 Å². The van der Waals surface area contributed by atoms with E-state index in [1.807, 2.05) is 23.7 Å². The second kappa shape index (κ2) is 9.02. The summed E-state index contributed by atoms with van der Waals surface area (Å²) in [5, 5.41) is 3.37. The van der Waals surface area contributed by atoms with Crippen molar-refractivity contribution in [3.05, 3.63) is 60.6 Å². The minimum absolute atomic E-state index is 0.565. The number of fused-ring (bicyclic) bond motifs is 1. The zero-order valence-electron chi connectivity index (χ0n) is 18.6. The predicted molar refractivity (Wildman–Crippen MR) is 127 cm³/mol. The van der Waals surface area contributed by atoms with Crippen molar-refractivity contribution in [1.29, 1.82) is 0 Å². The van der Waals surface area contributed by atoms with Gasteiger partial charge in [-0.25, -0.2) is 9.97 Å². The van der Waals surface area contributed by atoms with E-state index in [4.69, 9.17) is 9.97 Å². The molecule has 164 valence electrons. The van der Waals surface area contributed by atoms with Crippen LogP contribution in [0.5, 0.6) is 0 Å². The number of hydrogen-bond acceptors (Lipinski definition) is 7. The molecule has 1 N–H and O–H groups in total. The van der Waals surface area contributed by atoms with Crippen molar-refractivity contribution in [2.45, 2.75) is 13.5 Å².